The topological polar surface area (TPSA) is 47.4 Å². The molecule has 0 saturated heterocycles. The molecule has 5 nitrogen and oxygen atoms in total. The lowest BCUT2D eigenvalue weighted by atomic mass is 10.3. The summed E-state index contributed by atoms with van der Waals surface area (Å²) in [5.41, 5.74) is 1.91. The summed E-state index contributed by atoms with van der Waals surface area (Å²) in [7, 11) is 3.64. The second kappa shape index (κ2) is 8.24. The average molecular weight is 455 g/mol. The fraction of sp³-hybridized carbons (Fsp3) is 0.222. The Morgan fingerprint density at radius 2 is 2.12 bits per heavy atom. The molecule has 1 amide bonds. The third kappa shape index (κ3) is 4.47. The van der Waals surface area contributed by atoms with Gasteiger partial charge in [0, 0.05) is 24.7 Å². The van der Waals surface area contributed by atoms with E-state index in [1.54, 1.807) is 35.0 Å². The fourth-order valence-corrected chi connectivity index (χ4v) is 3.85. The quantitative estimate of drug-likeness (QED) is 0.540. The van der Waals surface area contributed by atoms with Crippen LogP contribution < -0.4 is 4.74 Å². The highest BCUT2D eigenvalue weighted by Crippen LogP contribution is 2.22. The summed E-state index contributed by atoms with van der Waals surface area (Å²) in [6.07, 6.45) is 1.73. The van der Waals surface area contributed by atoms with Gasteiger partial charge in [-0.15, -0.1) is 11.3 Å². The maximum atomic E-state index is 12.7. The Morgan fingerprint density at radius 1 is 1.38 bits per heavy atom. The number of nitrogens with zero attached hydrogens (tertiary/aromatic N) is 3. The normalized spacial score (nSPS) is 10.8. The number of amides is 1. The number of hydrogen-bond acceptors (Lipinski definition) is 4. The smallest absolute Gasteiger partial charge is 0.264 e. The van der Waals surface area contributed by atoms with Crippen molar-refractivity contribution in [2.75, 3.05) is 7.05 Å². The summed E-state index contributed by atoms with van der Waals surface area (Å²) < 4.78 is 8.37. The Kier molecular flexibility index (Phi) is 6.01. The molecule has 3 aromatic rings. The van der Waals surface area contributed by atoms with Gasteiger partial charge in [-0.3, -0.25) is 9.48 Å². The maximum Gasteiger partial charge on any atom is 0.264 e. The van der Waals surface area contributed by atoms with Crippen molar-refractivity contribution >= 4 is 44.8 Å². The Balaban J connectivity index is 1.61. The molecule has 8 heteroatoms. The van der Waals surface area contributed by atoms with E-state index in [0.29, 0.717) is 23.1 Å². The number of thiophene rings is 1. The van der Waals surface area contributed by atoms with Crippen molar-refractivity contribution in [3.8, 4) is 5.75 Å². The monoisotopic (exact) mass is 453 g/mol. The van der Waals surface area contributed by atoms with Gasteiger partial charge in [0.2, 0.25) is 0 Å². The maximum absolute atomic E-state index is 12.7. The van der Waals surface area contributed by atoms with E-state index in [1.807, 2.05) is 30.6 Å². The van der Waals surface area contributed by atoms with Gasteiger partial charge in [0.15, 0.2) is 0 Å². The minimum atomic E-state index is -0.0270. The van der Waals surface area contributed by atoms with E-state index in [-0.39, 0.29) is 5.91 Å². The summed E-state index contributed by atoms with van der Waals surface area (Å²) in [4.78, 5) is 15.0. The second-order valence-corrected chi connectivity index (χ2v) is 7.99. The van der Waals surface area contributed by atoms with Crippen LogP contribution in [0.25, 0.3) is 0 Å². The van der Waals surface area contributed by atoms with Crippen LogP contribution in [0.2, 0.25) is 5.02 Å². The van der Waals surface area contributed by atoms with Crippen LogP contribution in [0.1, 0.15) is 20.9 Å². The summed E-state index contributed by atoms with van der Waals surface area (Å²) >= 11 is 10.7. The summed E-state index contributed by atoms with van der Waals surface area (Å²) in [5.74, 6) is 0.715. The molecule has 136 valence electrons. The number of hydrogen-bond donors (Lipinski definition) is 0. The van der Waals surface area contributed by atoms with Crippen molar-refractivity contribution in [2.24, 2.45) is 7.05 Å². The first kappa shape index (κ1) is 18.9. The van der Waals surface area contributed by atoms with Crippen LogP contribution >= 0.6 is 38.9 Å². The zero-order chi connectivity index (χ0) is 18.7. The van der Waals surface area contributed by atoms with E-state index < -0.39 is 0 Å². The Bertz CT molecular complexity index is 888. The van der Waals surface area contributed by atoms with Crippen LogP contribution in [0.5, 0.6) is 5.75 Å². The average Bonchev–Trinajstić information content (AvgIpc) is 3.22. The van der Waals surface area contributed by atoms with Gasteiger partial charge in [-0.05, 0) is 51.6 Å². The summed E-state index contributed by atoms with van der Waals surface area (Å²) in [5, 5.41) is 6.79. The van der Waals surface area contributed by atoms with Crippen LogP contribution in [-0.4, -0.2) is 27.6 Å². The third-order valence-corrected chi connectivity index (χ3v) is 5.71. The first-order chi connectivity index (χ1) is 12.4. The first-order valence-corrected chi connectivity index (χ1v) is 9.86. The molecule has 0 atom stereocenters. The van der Waals surface area contributed by atoms with Crippen molar-refractivity contribution in [1.82, 2.24) is 14.7 Å². The molecule has 0 fully saturated rings. The minimum Gasteiger partial charge on any atom is -0.489 e. The molecular formula is C18H17BrClN3O2S. The van der Waals surface area contributed by atoms with Gasteiger partial charge >= 0.3 is 0 Å². The fourth-order valence-electron chi connectivity index (χ4n) is 2.36. The number of halogens is 2. The predicted molar refractivity (Wildman–Crippen MR) is 107 cm³/mol. The van der Waals surface area contributed by atoms with Gasteiger partial charge in [0.05, 0.1) is 27.8 Å². The molecule has 0 radical (unpaired) electrons. The van der Waals surface area contributed by atoms with Crippen molar-refractivity contribution in [3.63, 3.8) is 0 Å². The van der Waals surface area contributed by atoms with E-state index in [4.69, 9.17) is 16.3 Å². The molecule has 0 spiro atoms. The van der Waals surface area contributed by atoms with Crippen LogP contribution in [-0.2, 0) is 20.2 Å². The molecule has 0 saturated carbocycles. The van der Waals surface area contributed by atoms with Crippen LogP contribution in [0, 0.1) is 0 Å². The second-order valence-electron chi connectivity index (χ2n) is 5.79. The van der Waals surface area contributed by atoms with Gasteiger partial charge in [0.25, 0.3) is 5.91 Å². The molecule has 2 heterocycles. The van der Waals surface area contributed by atoms with E-state index in [9.17, 15) is 4.79 Å². The number of carbonyl (C=O) groups excluding carboxylic acids is 1. The van der Waals surface area contributed by atoms with Gasteiger partial charge in [0.1, 0.15) is 12.4 Å². The van der Waals surface area contributed by atoms with Gasteiger partial charge < -0.3 is 9.64 Å². The molecule has 0 aliphatic carbocycles. The number of aromatic nitrogens is 2. The zero-order valence-electron chi connectivity index (χ0n) is 14.3. The summed E-state index contributed by atoms with van der Waals surface area (Å²) in [6, 6.07) is 9.08. The molecule has 0 aliphatic heterocycles. The highest BCUT2D eigenvalue weighted by molar-refractivity contribution is 9.10. The van der Waals surface area contributed by atoms with Crippen LogP contribution in [0.15, 0.2) is 46.4 Å². The first-order valence-electron chi connectivity index (χ1n) is 7.81. The summed E-state index contributed by atoms with van der Waals surface area (Å²) in [6.45, 7) is 0.882. The van der Waals surface area contributed by atoms with Gasteiger partial charge in [-0.2, -0.15) is 5.10 Å². The number of ether oxygens (including phenoxy) is 1. The van der Waals surface area contributed by atoms with Crippen molar-refractivity contribution in [2.45, 2.75) is 13.2 Å². The van der Waals surface area contributed by atoms with E-state index >= 15 is 0 Å². The van der Waals surface area contributed by atoms with E-state index in [2.05, 4.69) is 21.0 Å². The molecule has 3 rings (SSSR count). The molecule has 26 heavy (non-hydrogen) atoms. The largest absolute Gasteiger partial charge is 0.489 e. The lowest BCUT2D eigenvalue weighted by Gasteiger charge is -2.16. The molecule has 1 aromatic carbocycles. The van der Waals surface area contributed by atoms with Crippen molar-refractivity contribution < 1.29 is 9.53 Å². The Labute approximate surface area is 169 Å². The van der Waals surface area contributed by atoms with Crippen LogP contribution in [0.3, 0.4) is 0 Å². The highest BCUT2D eigenvalue weighted by atomic mass is 79.9. The van der Waals surface area contributed by atoms with E-state index in [0.717, 1.165) is 21.5 Å². The number of benzene rings is 1. The Morgan fingerprint density at radius 3 is 2.77 bits per heavy atom. The van der Waals surface area contributed by atoms with Crippen LogP contribution in [0.4, 0.5) is 0 Å². The standard InChI is InChI=1S/C18H17BrClN3O2S/c1-22(9-16-15(19)8-21-23(16)2)18(24)17-7-12(11-26-17)10-25-14-5-3-13(20)4-6-14/h3-8,11H,9-10H2,1-2H3. The molecule has 0 N–H and O–H groups in total. The van der Waals surface area contributed by atoms with E-state index in [1.165, 1.54) is 11.3 Å². The molecule has 0 bridgehead atoms. The third-order valence-electron chi connectivity index (χ3n) is 3.83. The van der Waals surface area contributed by atoms with Gasteiger partial charge in [-0.25, -0.2) is 0 Å². The molecule has 2 aromatic heterocycles. The number of rotatable bonds is 6. The van der Waals surface area contributed by atoms with Crippen molar-refractivity contribution in [3.05, 3.63) is 67.5 Å². The predicted octanol–water partition coefficient (Wildman–Crippen LogP) is 4.75. The minimum absolute atomic E-state index is 0.0270. The van der Waals surface area contributed by atoms with Gasteiger partial charge in [-0.1, -0.05) is 11.6 Å². The number of carbonyl (C=O) groups is 1. The molecule has 0 aliphatic rings. The molecule has 0 unspecified atom stereocenters. The lowest BCUT2D eigenvalue weighted by Crippen LogP contribution is -2.26. The zero-order valence-corrected chi connectivity index (χ0v) is 17.4. The SMILES string of the molecule is CN(Cc1c(Br)cnn1C)C(=O)c1cc(COc2ccc(Cl)cc2)cs1. The molecular weight excluding hydrogens is 438 g/mol. The van der Waals surface area contributed by atoms with Crippen molar-refractivity contribution in [1.29, 1.82) is 0 Å². The Hall–Kier alpha value is -1.83. The lowest BCUT2D eigenvalue weighted by molar-refractivity contribution is 0.0786. The highest BCUT2D eigenvalue weighted by Gasteiger charge is 2.17. The number of aryl methyl sites for hydroxylation is 1.